The molecule has 19 heavy (non-hydrogen) atoms. The smallest absolute Gasteiger partial charge is 0.234 e. The van der Waals surface area contributed by atoms with E-state index < -0.39 is 0 Å². The summed E-state index contributed by atoms with van der Waals surface area (Å²) < 4.78 is 12.8. The highest BCUT2D eigenvalue weighted by molar-refractivity contribution is 6.00. The lowest BCUT2D eigenvalue weighted by atomic mass is 10.1. The molecule has 2 aromatic carbocycles. The molecule has 2 aromatic rings. The maximum atomic E-state index is 12.8. The molecule has 0 spiro atoms. The normalized spacial score (nSPS) is 11.2. The number of amides is 1. The molecule has 0 aliphatic heterocycles. The predicted octanol–water partition coefficient (Wildman–Crippen LogP) is 3.21. The van der Waals surface area contributed by atoms with E-state index in [1.807, 2.05) is 37.3 Å². The Balaban J connectivity index is 2.28. The summed E-state index contributed by atoms with van der Waals surface area (Å²) >= 11 is 0. The highest BCUT2D eigenvalue weighted by Crippen LogP contribution is 2.14. The molecule has 0 aromatic heterocycles. The van der Waals surface area contributed by atoms with Crippen LogP contribution in [0.3, 0.4) is 0 Å². The second kappa shape index (κ2) is 5.91. The topological polar surface area (TPSA) is 32.7 Å². The Labute approximate surface area is 111 Å². The van der Waals surface area contributed by atoms with Gasteiger partial charge in [0, 0.05) is 0 Å². The van der Waals surface area contributed by atoms with E-state index in [9.17, 15) is 9.18 Å². The first kappa shape index (κ1) is 13.0. The third-order valence-electron chi connectivity index (χ3n) is 2.64. The summed E-state index contributed by atoms with van der Waals surface area (Å²) in [6.07, 6.45) is 0.597. The molecule has 0 unspecified atom stereocenters. The Morgan fingerprint density at radius 1 is 1.11 bits per heavy atom. The SMILES string of the molecule is CC(=NN(C=O)c1ccc(F)cc1)c1ccccc1. The largest absolute Gasteiger partial charge is 0.276 e. The molecule has 96 valence electrons. The Kier molecular flexibility index (Phi) is 4.03. The standard InChI is InChI=1S/C15H13FN2O/c1-12(13-5-3-2-4-6-13)17-18(11-19)15-9-7-14(16)8-10-15/h2-11H,1H3. The van der Waals surface area contributed by atoms with Crippen molar-refractivity contribution in [1.82, 2.24) is 0 Å². The lowest BCUT2D eigenvalue weighted by Crippen LogP contribution is -2.16. The van der Waals surface area contributed by atoms with Crippen LogP contribution in [0.2, 0.25) is 0 Å². The van der Waals surface area contributed by atoms with Gasteiger partial charge < -0.3 is 0 Å². The zero-order chi connectivity index (χ0) is 13.7. The van der Waals surface area contributed by atoms with Crippen molar-refractivity contribution in [2.24, 2.45) is 5.10 Å². The highest BCUT2D eigenvalue weighted by Gasteiger charge is 2.05. The quantitative estimate of drug-likeness (QED) is 0.469. The number of rotatable bonds is 4. The second-order valence-electron chi connectivity index (χ2n) is 3.98. The van der Waals surface area contributed by atoms with Gasteiger partial charge in [-0.25, -0.2) is 9.40 Å². The minimum Gasteiger partial charge on any atom is -0.276 e. The van der Waals surface area contributed by atoms with Crippen molar-refractivity contribution < 1.29 is 9.18 Å². The summed E-state index contributed by atoms with van der Waals surface area (Å²) in [5.74, 6) is -0.349. The van der Waals surface area contributed by atoms with Gasteiger partial charge >= 0.3 is 0 Å². The number of carbonyl (C=O) groups excluding carboxylic acids is 1. The van der Waals surface area contributed by atoms with E-state index in [-0.39, 0.29) is 5.82 Å². The van der Waals surface area contributed by atoms with Crippen LogP contribution in [0.4, 0.5) is 10.1 Å². The number of nitrogens with zero attached hydrogens (tertiary/aromatic N) is 2. The zero-order valence-corrected chi connectivity index (χ0v) is 10.5. The van der Waals surface area contributed by atoms with E-state index in [1.165, 1.54) is 29.3 Å². The summed E-state index contributed by atoms with van der Waals surface area (Å²) in [5.41, 5.74) is 2.15. The van der Waals surface area contributed by atoms with Crippen LogP contribution in [0.5, 0.6) is 0 Å². The summed E-state index contributed by atoms with van der Waals surface area (Å²) in [4.78, 5) is 11.1. The molecule has 0 heterocycles. The monoisotopic (exact) mass is 256 g/mol. The second-order valence-corrected chi connectivity index (χ2v) is 3.98. The van der Waals surface area contributed by atoms with Crippen molar-refractivity contribution in [2.75, 3.05) is 5.01 Å². The van der Waals surface area contributed by atoms with E-state index in [0.29, 0.717) is 17.8 Å². The number of hydrogen-bond donors (Lipinski definition) is 0. The first-order chi connectivity index (χ1) is 9.20. The molecular weight excluding hydrogens is 243 g/mol. The zero-order valence-electron chi connectivity index (χ0n) is 10.5. The summed E-state index contributed by atoms with van der Waals surface area (Å²) in [6.45, 7) is 1.81. The van der Waals surface area contributed by atoms with Crippen LogP contribution in [-0.4, -0.2) is 12.1 Å². The fraction of sp³-hybridized carbons (Fsp3) is 0.0667. The summed E-state index contributed by atoms with van der Waals surface area (Å²) in [6, 6.07) is 15.1. The van der Waals surface area contributed by atoms with E-state index >= 15 is 0 Å². The molecule has 0 fully saturated rings. The first-order valence-corrected chi connectivity index (χ1v) is 5.81. The molecule has 2 rings (SSSR count). The van der Waals surface area contributed by atoms with Crippen molar-refractivity contribution in [3.63, 3.8) is 0 Å². The van der Waals surface area contributed by atoms with Gasteiger partial charge in [-0.05, 0) is 36.8 Å². The lowest BCUT2D eigenvalue weighted by Gasteiger charge is -2.12. The first-order valence-electron chi connectivity index (χ1n) is 5.81. The molecule has 0 saturated heterocycles. The molecule has 1 amide bonds. The predicted molar refractivity (Wildman–Crippen MR) is 73.6 cm³/mol. The van der Waals surface area contributed by atoms with Gasteiger partial charge in [0.1, 0.15) is 5.82 Å². The Hall–Kier alpha value is -2.49. The number of carbonyl (C=O) groups is 1. The molecular formula is C15H13FN2O. The third kappa shape index (κ3) is 3.25. The van der Waals surface area contributed by atoms with E-state index in [2.05, 4.69) is 5.10 Å². The third-order valence-corrected chi connectivity index (χ3v) is 2.64. The fourth-order valence-electron chi connectivity index (χ4n) is 1.63. The summed E-state index contributed by atoms with van der Waals surface area (Å²) in [7, 11) is 0. The minimum atomic E-state index is -0.349. The van der Waals surface area contributed by atoms with Crippen LogP contribution < -0.4 is 5.01 Å². The lowest BCUT2D eigenvalue weighted by molar-refractivity contribution is -0.107. The van der Waals surface area contributed by atoms with Crippen LogP contribution >= 0.6 is 0 Å². The van der Waals surface area contributed by atoms with Crippen molar-refractivity contribution >= 4 is 17.8 Å². The molecule has 0 atom stereocenters. The van der Waals surface area contributed by atoms with E-state index in [4.69, 9.17) is 0 Å². The Morgan fingerprint density at radius 2 is 1.74 bits per heavy atom. The van der Waals surface area contributed by atoms with E-state index in [1.54, 1.807) is 0 Å². The van der Waals surface area contributed by atoms with Gasteiger partial charge in [-0.1, -0.05) is 30.3 Å². The van der Waals surface area contributed by atoms with Crippen LogP contribution in [-0.2, 0) is 4.79 Å². The Morgan fingerprint density at radius 3 is 2.32 bits per heavy atom. The molecule has 0 radical (unpaired) electrons. The molecule has 4 heteroatoms. The number of halogens is 1. The molecule has 0 aliphatic carbocycles. The number of hydrazone groups is 1. The average Bonchev–Trinajstić information content (AvgIpc) is 2.46. The van der Waals surface area contributed by atoms with E-state index in [0.717, 1.165) is 5.56 Å². The van der Waals surface area contributed by atoms with Crippen molar-refractivity contribution in [3.05, 3.63) is 66.0 Å². The number of anilines is 1. The van der Waals surface area contributed by atoms with Gasteiger partial charge in [-0.3, -0.25) is 4.79 Å². The molecule has 0 bridgehead atoms. The average molecular weight is 256 g/mol. The van der Waals surface area contributed by atoms with Crippen molar-refractivity contribution in [1.29, 1.82) is 0 Å². The van der Waals surface area contributed by atoms with Crippen molar-refractivity contribution in [2.45, 2.75) is 6.92 Å². The molecule has 0 N–H and O–H groups in total. The van der Waals surface area contributed by atoms with Gasteiger partial charge in [-0.15, -0.1) is 0 Å². The fourth-order valence-corrected chi connectivity index (χ4v) is 1.63. The van der Waals surface area contributed by atoms with Crippen LogP contribution in [0.15, 0.2) is 59.7 Å². The molecule has 0 aliphatic rings. The van der Waals surface area contributed by atoms with Crippen molar-refractivity contribution in [3.8, 4) is 0 Å². The number of hydrogen-bond acceptors (Lipinski definition) is 2. The van der Waals surface area contributed by atoms with Gasteiger partial charge in [0.05, 0.1) is 11.4 Å². The molecule has 0 saturated carbocycles. The van der Waals surface area contributed by atoms with Gasteiger partial charge in [-0.2, -0.15) is 5.10 Å². The molecule has 3 nitrogen and oxygen atoms in total. The maximum Gasteiger partial charge on any atom is 0.234 e. The number of benzene rings is 2. The van der Waals surface area contributed by atoms with Crippen LogP contribution in [0, 0.1) is 5.82 Å². The van der Waals surface area contributed by atoms with Gasteiger partial charge in [0.2, 0.25) is 6.41 Å². The van der Waals surface area contributed by atoms with Gasteiger partial charge in [0.25, 0.3) is 0 Å². The highest BCUT2D eigenvalue weighted by atomic mass is 19.1. The van der Waals surface area contributed by atoms with Crippen LogP contribution in [0.1, 0.15) is 12.5 Å². The summed E-state index contributed by atoms with van der Waals surface area (Å²) in [5, 5.41) is 5.41. The maximum absolute atomic E-state index is 12.8. The Bertz CT molecular complexity index is 579. The van der Waals surface area contributed by atoms with Gasteiger partial charge in [0.15, 0.2) is 0 Å². The minimum absolute atomic E-state index is 0.349. The van der Waals surface area contributed by atoms with Crippen LogP contribution in [0.25, 0.3) is 0 Å².